The summed E-state index contributed by atoms with van der Waals surface area (Å²) in [5.41, 5.74) is 5.40. The van der Waals surface area contributed by atoms with E-state index in [-0.39, 0.29) is 17.0 Å². The molecule has 1 aromatic carbocycles. The molecule has 1 aromatic rings. The summed E-state index contributed by atoms with van der Waals surface area (Å²) in [6.45, 7) is 1.58. The van der Waals surface area contributed by atoms with Crippen molar-refractivity contribution in [3.63, 3.8) is 0 Å². The molecular weight excluding hydrogens is 259 g/mol. The highest BCUT2D eigenvalue weighted by Gasteiger charge is 2.15. The average molecular weight is 274 g/mol. The predicted octanol–water partition coefficient (Wildman–Crippen LogP) is 0.571. The molecule has 0 aliphatic carbocycles. The molecule has 0 bridgehead atoms. The van der Waals surface area contributed by atoms with E-state index in [0.29, 0.717) is 0 Å². The Kier molecular flexibility index (Phi) is 4.28. The Bertz CT molecular complexity index is 557. The van der Waals surface area contributed by atoms with Gasteiger partial charge in [-0.25, -0.2) is 12.8 Å². The minimum Gasteiger partial charge on any atom is -0.396 e. The number of rotatable bonds is 4. The number of benzene rings is 1. The van der Waals surface area contributed by atoms with E-state index >= 15 is 0 Å². The minimum absolute atomic E-state index is 0.126. The molecule has 0 saturated carbocycles. The van der Waals surface area contributed by atoms with Crippen LogP contribution in [0.5, 0.6) is 0 Å². The van der Waals surface area contributed by atoms with Crippen LogP contribution in [0.1, 0.15) is 17.3 Å². The van der Waals surface area contributed by atoms with E-state index in [2.05, 4.69) is 5.32 Å². The molecule has 100 valence electrons. The van der Waals surface area contributed by atoms with E-state index in [4.69, 9.17) is 5.73 Å². The number of hydrogen-bond donors (Lipinski definition) is 2. The van der Waals surface area contributed by atoms with Crippen molar-refractivity contribution in [1.29, 1.82) is 0 Å². The van der Waals surface area contributed by atoms with E-state index in [9.17, 15) is 17.6 Å². The molecule has 1 rings (SSSR count). The van der Waals surface area contributed by atoms with Crippen LogP contribution in [0.4, 0.5) is 10.1 Å². The minimum atomic E-state index is -3.17. The zero-order valence-corrected chi connectivity index (χ0v) is 10.9. The summed E-state index contributed by atoms with van der Waals surface area (Å²) in [5.74, 6) is -1.25. The molecule has 0 saturated heterocycles. The number of carbonyl (C=O) groups excluding carboxylic acids is 1. The predicted molar refractivity (Wildman–Crippen MR) is 67.5 cm³/mol. The molecule has 0 aliphatic rings. The van der Waals surface area contributed by atoms with Crippen molar-refractivity contribution in [3.8, 4) is 0 Å². The van der Waals surface area contributed by atoms with Crippen molar-refractivity contribution in [2.24, 2.45) is 0 Å². The highest BCUT2D eigenvalue weighted by molar-refractivity contribution is 7.90. The van der Waals surface area contributed by atoms with E-state index in [0.717, 1.165) is 12.3 Å². The van der Waals surface area contributed by atoms with Gasteiger partial charge in [-0.3, -0.25) is 4.79 Å². The molecule has 1 atom stereocenters. The molecule has 0 heterocycles. The standard InChI is InChI=1S/C11H15FN2O3S/c1-7(6-18(2,16)17)14-11(15)8-3-4-9(12)10(13)5-8/h3-5,7H,6,13H2,1-2H3,(H,14,15). The van der Waals surface area contributed by atoms with Gasteiger partial charge in [0.05, 0.1) is 11.4 Å². The van der Waals surface area contributed by atoms with Crippen LogP contribution in [-0.2, 0) is 9.84 Å². The number of amides is 1. The number of nitrogens with two attached hydrogens (primary N) is 1. The van der Waals surface area contributed by atoms with Crippen LogP contribution in [0.15, 0.2) is 18.2 Å². The van der Waals surface area contributed by atoms with Crippen LogP contribution in [-0.4, -0.2) is 32.4 Å². The van der Waals surface area contributed by atoms with Gasteiger partial charge in [0.1, 0.15) is 15.7 Å². The van der Waals surface area contributed by atoms with Gasteiger partial charge in [-0.2, -0.15) is 0 Å². The van der Waals surface area contributed by atoms with Crippen molar-refractivity contribution in [2.75, 3.05) is 17.7 Å². The second-order valence-corrected chi connectivity index (χ2v) is 6.39. The zero-order chi connectivity index (χ0) is 13.9. The normalized spacial score (nSPS) is 13.1. The first-order valence-corrected chi connectivity index (χ1v) is 7.28. The summed E-state index contributed by atoms with van der Waals surface area (Å²) in [6, 6.07) is 3.05. The quantitative estimate of drug-likeness (QED) is 0.786. The average Bonchev–Trinajstić information content (AvgIpc) is 2.18. The molecule has 0 radical (unpaired) electrons. The number of hydrogen-bond acceptors (Lipinski definition) is 4. The van der Waals surface area contributed by atoms with Gasteiger partial charge >= 0.3 is 0 Å². The fraction of sp³-hybridized carbons (Fsp3) is 0.364. The third-order valence-corrected chi connectivity index (χ3v) is 3.29. The van der Waals surface area contributed by atoms with E-state index in [1.165, 1.54) is 12.1 Å². The molecule has 0 fully saturated rings. The third kappa shape index (κ3) is 4.33. The largest absolute Gasteiger partial charge is 0.396 e. The molecule has 0 aliphatic heterocycles. The number of carbonyl (C=O) groups is 1. The van der Waals surface area contributed by atoms with Crippen molar-refractivity contribution in [1.82, 2.24) is 5.32 Å². The van der Waals surface area contributed by atoms with Crippen molar-refractivity contribution >= 4 is 21.4 Å². The van der Waals surface area contributed by atoms with E-state index in [1.807, 2.05) is 0 Å². The summed E-state index contributed by atoms with van der Waals surface area (Å²) in [7, 11) is -3.17. The van der Waals surface area contributed by atoms with Gasteiger partial charge in [0.2, 0.25) is 0 Å². The van der Waals surface area contributed by atoms with Gasteiger partial charge in [0.25, 0.3) is 5.91 Å². The maximum atomic E-state index is 12.9. The van der Waals surface area contributed by atoms with Crippen LogP contribution in [0.25, 0.3) is 0 Å². The SMILES string of the molecule is CC(CS(C)(=O)=O)NC(=O)c1ccc(F)c(N)c1. The maximum absolute atomic E-state index is 12.9. The maximum Gasteiger partial charge on any atom is 0.251 e. The fourth-order valence-electron chi connectivity index (χ4n) is 1.49. The molecule has 3 N–H and O–H groups in total. The molecular formula is C11H15FN2O3S. The van der Waals surface area contributed by atoms with Crippen LogP contribution in [0.3, 0.4) is 0 Å². The van der Waals surface area contributed by atoms with Crippen LogP contribution in [0.2, 0.25) is 0 Å². The summed E-state index contributed by atoms with van der Waals surface area (Å²) in [6.07, 6.45) is 1.09. The Hall–Kier alpha value is -1.63. The molecule has 7 heteroatoms. The Morgan fingerprint density at radius 2 is 2.11 bits per heavy atom. The lowest BCUT2D eigenvalue weighted by Gasteiger charge is -2.13. The Balaban J connectivity index is 2.73. The summed E-state index contributed by atoms with van der Waals surface area (Å²) >= 11 is 0. The Morgan fingerprint density at radius 1 is 1.50 bits per heavy atom. The summed E-state index contributed by atoms with van der Waals surface area (Å²) < 4.78 is 35.0. The summed E-state index contributed by atoms with van der Waals surface area (Å²) in [4.78, 5) is 11.7. The first-order valence-electron chi connectivity index (χ1n) is 5.22. The van der Waals surface area contributed by atoms with Crippen LogP contribution >= 0.6 is 0 Å². The molecule has 1 unspecified atom stereocenters. The number of nitrogen functional groups attached to an aromatic ring is 1. The first-order chi connectivity index (χ1) is 8.19. The molecule has 1 amide bonds. The van der Waals surface area contributed by atoms with Gasteiger partial charge in [0.15, 0.2) is 0 Å². The first kappa shape index (κ1) is 14.4. The second-order valence-electron chi connectivity index (χ2n) is 4.20. The van der Waals surface area contributed by atoms with E-state index < -0.39 is 27.6 Å². The number of nitrogens with one attached hydrogen (secondary N) is 1. The zero-order valence-electron chi connectivity index (χ0n) is 10.1. The second kappa shape index (κ2) is 5.34. The topological polar surface area (TPSA) is 89.3 Å². The number of halogens is 1. The lowest BCUT2D eigenvalue weighted by atomic mass is 10.1. The van der Waals surface area contributed by atoms with Gasteiger partial charge in [0, 0.05) is 17.9 Å². The van der Waals surface area contributed by atoms with E-state index in [1.54, 1.807) is 6.92 Å². The number of sulfone groups is 1. The lowest BCUT2D eigenvalue weighted by molar-refractivity contribution is 0.0943. The smallest absolute Gasteiger partial charge is 0.251 e. The van der Waals surface area contributed by atoms with Crippen LogP contribution in [0, 0.1) is 5.82 Å². The molecule has 0 aromatic heterocycles. The van der Waals surface area contributed by atoms with Crippen molar-refractivity contribution < 1.29 is 17.6 Å². The van der Waals surface area contributed by atoms with Gasteiger partial charge < -0.3 is 11.1 Å². The summed E-state index contributed by atoms with van der Waals surface area (Å²) in [5, 5.41) is 2.50. The number of anilines is 1. The molecule has 0 spiro atoms. The highest BCUT2D eigenvalue weighted by Crippen LogP contribution is 2.12. The van der Waals surface area contributed by atoms with Crippen molar-refractivity contribution in [2.45, 2.75) is 13.0 Å². The highest BCUT2D eigenvalue weighted by atomic mass is 32.2. The monoisotopic (exact) mass is 274 g/mol. The van der Waals surface area contributed by atoms with Gasteiger partial charge in [-0.1, -0.05) is 0 Å². The van der Waals surface area contributed by atoms with Crippen molar-refractivity contribution in [3.05, 3.63) is 29.6 Å². The third-order valence-electron chi connectivity index (χ3n) is 2.19. The lowest BCUT2D eigenvalue weighted by Crippen LogP contribution is -2.37. The molecule has 5 nitrogen and oxygen atoms in total. The van der Waals surface area contributed by atoms with Crippen LogP contribution < -0.4 is 11.1 Å². The fourth-order valence-corrected chi connectivity index (χ4v) is 2.48. The van der Waals surface area contributed by atoms with Gasteiger partial charge in [-0.15, -0.1) is 0 Å². The Labute approximate surface area is 105 Å². The Morgan fingerprint density at radius 3 is 2.61 bits per heavy atom. The van der Waals surface area contributed by atoms with Gasteiger partial charge in [-0.05, 0) is 25.1 Å². The molecule has 18 heavy (non-hydrogen) atoms.